The van der Waals surface area contributed by atoms with Crippen LogP contribution in [0.15, 0.2) is 12.7 Å². The second-order valence-electron chi connectivity index (χ2n) is 14.2. The fourth-order valence-electron chi connectivity index (χ4n) is 6.79. The normalized spacial score (nSPS) is 29.9. The fourth-order valence-corrected chi connectivity index (χ4v) is 9.43. The van der Waals surface area contributed by atoms with Crippen molar-refractivity contribution in [3.05, 3.63) is 12.7 Å². The first kappa shape index (κ1) is 30.4. The summed E-state index contributed by atoms with van der Waals surface area (Å²) in [4.78, 5) is 39.1. The summed E-state index contributed by atoms with van der Waals surface area (Å²) in [6.07, 6.45) is 7.94. The molecule has 7 atom stereocenters. The summed E-state index contributed by atoms with van der Waals surface area (Å²) in [5.41, 5.74) is 4.33. The van der Waals surface area contributed by atoms with Crippen molar-refractivity contribution in [2.24, 2.45) is 23.7 Å². The smallest absolute Gasteiger partial charge is 0.326 e. The number of imidazole rings is 1. The number of esters is 2. The Balaban J connectivity index is 1.13. The van der Waals surface area contributed by atoms with Crippen molar-refractivity contribution in [3.63, 3.8) is 0 Å². The van der Waals surface area contributed by atoms with Gasteiger partial charge in [0.25, 0.3) is 0 Å². The van der Waals surface area contributed by atoms with Gasteiger partial charge in [-0.1, -0.05) is 0 Å². The summed E-state index contributed by atoms with van der Waals surface area (Å²) >= 11 is 0. The van der Waals surface area contributed by atoms with Gasteiger partial charge in [-0.2, -0.15) is 0 Å². The number of anilines is 1. The average Bonchev–Trinajstić information content (AvgIpc) is 3.65. The third kappa shape index (κ3) is 6.74. The van der Waals surface area contributed by atoms with E-state index in [2.05, 4.69) is 25.1 Å². The first-order valence-electron chi connectivity index (χ1n) is 15.3. The van der Waals surface area contributed by atoms with Gasteiger partial charge < -0.3 is 24.5 Å². The third-order valence-corrected chi connectivity index (χ3v) is 11.7. The molecule has 236 valence electrons. The van der Waals surface area contributed by atoms with Crippen molar-refractivity contribution in [3.8, 4) is 0 Å². The Hall–Kier alpha value is -2.60. The zero-order chi connectivity index (χ0) is 30.7. The van der Waals surface area contributed by atoms with E-state index < -0.39 is 36.6 Å². The Morgan fingerprint density at radius 2 is 1.44 bits per heavy atom. The van der Waals surface area contributed by atoms with Gasteiger partial charge >= 0.3 is 11.9 Å². The number of hydrogen-bond donors (Lipinski definition) is 3. The van der Waals surface area contributed by atoms with E-state index in [4.69, 9.17) is 19.9 Å². The topological polar surface area (TPSA) is 173 Å². The lowest BCUT2D eigenvalue weighted by atomic mass is 10.1. The highest BCUT2D eigenvalue weighted by molar-refractivity contribution is 7.59. The van der Waals surface area contributed by atoms with Crippen molar-refractivity contribution in [1.82, 2.24) is 29.7 Å². The molecule has 4 unspecified atom stereocenters. The molecule has 2 aromatic heterocycles. The molecule has 0 saturated heterocycles. The van der Waals surface area contributed by atoms with E-state index in [9.17, 15) is 14.2 Å². The number of aromatic nitrogens is 4. The number of rotatable bonds is 13. The van der Waals surface area contributed by atoms with Crippen molar-refractivity contribution in [1.29, 1.82) is 0 Å². The van der Waals surface area contributed by atoms with Crippen LogP contribution in [-0.4, -0.2) is 67.2 Å². The van der Waals surface area contributed by atoms with Gasteiger partial charge in [0, 0.05) is 0 Å². The number of nitrogens with zero attached hydrogens (tertiary/aromatic N) is 4. The van der Waals surface area contributed by atoms with Crippen molar-refractivity contribution < 1.29 is 28.4 Å². The van der Waals surface area contributed by atoms with Crippen LogP contribution < -0.4 is 15.9 Å². The van der Waals surface area contributed by atoms with Gasteiger partial charge in [0.2, 0.25) is 7.44 Å². The van der Waals surface area contributed by atoms with Gasteiger partial charge in [0.05, 0.1) is 19.0 Å². The zero-order valence-electron chi connectivity index (χ0n) is 25.6. The maximum atomic E-state index is 14.6. The van der Waals surface area contributed by atoms with Crippen LogP contribution in [0.25, 0.3) is 11.2 Å². The molecule has 0 bridgehead atoms. The predicted octanol–water partition coefficient (Wildman–Crippen LogP) is 3.38. The Labute approximate surface area is 251 Å². The lowest BCUT2D eigenvalue weighted by Crippen LogP contribution is -2.54. The van der Waals surface area contributed by atoms with E-state index in [1.807, 2.05) is 6.92 Å². The summed E-state index contributed by atoms with van der Waals surface area (Å²) in [6, 6.07) is 0. The fraction of sp³-hybridized carbons (Fsp3) is 0.759. The first-order chi connectivity index (χ1) is 20.2. The zero-order valence-corrected chi connectivity index (χ0v) is 26.5. The van der Waals surface area contributed by atoms with Crippen LogP contribution in [0, 0.1) is 23.7 Å². The van der Waals surface area contributed by atoms with E-state index >= 15 is 0 Å². The van der Waals surface area contributed by atoms with Gasteiger partial charge in [-0.3, -0.25) is 14.2 Å². The molecule has 13 nitrogen and oxygen atoms in total. The summed E-state index contributed by atoms with van der Waals surface area (Å²) in [5, 5.41) is 6.03. The number of hydrogen-bond acceptors (Lipinski definition) is 10. The minimum absolute atomic E-state index is 0.118. The number of nitrogen functional groups attached to an aromatic ring is 1. The van der Waals surface area contributed by atoms with Crippen LogP contribution in [0.4, 0.5) is 5.82 Å². The number of fused-ring (bicyclic) bond motifs is 3. The van der Waals surface area contributed by atoms with Crippen LogP contribution in [0.1, 0.15) is 73.1 Å². The molecular weight excluding hydrogens is 573 g/mol. The molecule has 2 aromatic rings. The van der Waals surface area contributed by atoms with Crippen LogP contribution in [-0.2, 0) is 34.9 Å². The number of nitrogens with two attached hydrogens (primary N) is 1. The molecular formula is C29H44N7O6P. The maximum absolute atomic E-state index is 14.6. The second kappa shape index (κ2) is 11.1. The van der Waals surface area contributed by atoms with E-state index in [1.165, 1.54) is 19.2 Å². The average molecular weight is 618 g/mol. The molecule has 4 N–H and O–H groups in total. The molecule has 2 heterocycles. The van der Waals surface area contributed by atoms with Crippen LogP contribution >= 0.6 is 7.44 Å². The van der Waals surface area contributed by atoms with E-state index in [0.29, 0.717) is 41.4 Å². The summed E-state index contributed by atoms with van der Waals surface area (Å²) in [7, 11) is -3.76. The van der Waals surface area contributed by atoms with E-state index in [-0.39, 0.29) is 24.4 Å². The summed E-state index contributed by atoms with van der Waals surface area (Å²) < 4.78 is 34.1. The Kier molecular flexibility index (Phi) is 7.84. The van der Waals surface area contributed by atoms with E-state index in [0.717, 1.165) is 25.7 Å². The predicted molar refractivity (Wildman–Crippen MR) is 159 cm³/mol. The van der Waals surface area contributed by atoms with Crippen molar-refractivity contribution in [2.75, 3.05) is 12.1 Å². The van der Waals surface area contributed by atoms with Crippen LogP contribution in [0.2, 0.25) is 0 Å². The quantitative estimate of drug-likeness (QED) is 0.221. The van der Waals surface area contributed by atoms with Crippen molar-refractivity contribution in [2.45, 2.75) is 109 Å². The number of nitrogens with one attached hydrogen (secondary N) is 2. The SMILES string of the molecule is C[C@H](Cn1cnc2c(N)ncnc21)OCP(=O)(NC(C)(C)C(=O)OC1CC2C[C@@H]2C1)NC(C)(C)C(=O)OC1CC2C[C@@H]2C1. The molecule has 6 rings (SSSR count). The van der Waals surface area contributed by atoms with E-state index in [1.54, 1.807) is 38.6 Å². The van der Waals surface area contributed by atoms with Gasteiger partial charge in [-0.25, -0.2) is 25.1 Å². The van der Waals surface area contributed by atoms with Crippen molar-refractivity contribution >= 4 is 36.4 Å². The molecule has 0 aliphatic heterocycles. The highest BCUT2D eigenvalue weighted by Crippen LogP contribution is 2.54. The molecule has 0 radical (unpaired) electrons. The number of carbonyl (C=O) groups excluding carboxylic acids is 2. The standard InChI is InChI=1S/C29H44N7O6P/c1-16(12-36-14-33-23-24(30)31-13-32-25(23)36)40-15-43(39,34-28(2,3)26(37)41-21-8-17-6-18(17)9-21)35-29(4,5)27(38)42-22-10-19-7-20(19)11-22/h13-14,16-22H,6-12,15H2,1-5H3,(H2,30,31,32)(H2,34,35,39)/t16-,17-,18?,19-,20?,21?,22?,43?/m1/s1. The third-order valence-electron chi connectivity index (χ3n) is 9.31. The van der Waals surface area contributed by atoms with Gasteiger partial charge in [0.1, 0.15) is 41.5 Å². The molecule has 14 heteroatoms. The largest absolute Gasteiger partial charge is 0.461 e. The molecule has 4 saturated carbocycles. The highest BCUT2D eigenvalue weighted by Gasteiger charge is 2.50. The molecule has 4 fully saturated rings. The monoisotopic (exact) mass is 617 g/mol. The first-order valence-corrected chi connectivity index (χ1v) is 17.2. The Morgan fingerprint density at radius 3 is 1.95 bits per heavy atom. The number of ether oxygens (including phenoxy) is 3. The highest BCUT2D eigenvalue weighted by atomic mass is 31.2. The molecule has 0 aromatic carbocycles. The molecule has 4 aliphatic rings. The van der Waals surface area contributed by atoms with Gasteiger partial charge in [0.15, 0.2) is 11.5 Å². The molecule has 43 heavy (non-hydrogen) atoms. The lowest BCUT2D eigenvalue weighted by Gasteiger charge is -2.36. The Bertz CT molecular complexity index is 1370. The minimum atomic E-state index is -3.76. The van der Waals surface area contributed by atoms with Crippen LogP contribution in [0.5, 0.6) is 0 Å². The second-order valence-corrected chi connectivity index (χ2v) is 16.3. The van der Waals surface area contributed by atoms with Gasteiger partial charge in [-0.15, -0.1) is 0 Å². The molecule has 0 spiro atoms. The molecule has 0 amide bonds. The lowest BCUT2D eigenvalue weighted by molar-refractivity contribution is -0.155. The minimum Gasteiger partial charge on any atom is -0.461 e. The Morgan fingerprint density at radius 1 is 0.930 bits per heavy atom. The van der Waals surface area contributed by atoms with Crippen LogP contribution in [0.3, 0.4) is 0 Å². The number of carbonyl (C=O) groups is 2. The summed E-state index contributed by atoms with van der Waals surface area (Å²) in [6.45, 7) is 8.73. The van der Waals surface area contributed by atoms with Gasteiger partial charge in [-0.05, 0) is 96.8 Å². The summed E-state index contributed by atoms with van der Waals surface area (Å²) in [5.74, 6) is 1.94. The molecule has 4 aliphatic carbocycles. The maximum Gasteiger partial charge on any atom is 0.326 e.